The molecule has 2 N–H and O–H groups in total. The van der Waals surface area contributed by atoms with Crippen molar-refractivity contribution in [2.75, 3.05) is 12.5 Å². The molecule has 2 aromatic carbocycles. The van der Waals surface area contributed by atoms with Crippen molar-refractivity contribution in [1.82, 2.24) is 0 Å². The van der Waals surface area contributed by atoms with Gasteiger partial charge < -0.3 is 10.2 Å². The quantitative estimate of drug-likeness (QED) is 0.349. The van der Waals surface area contributed by atoms with Crippen molar-refractivity contribution < 1.29 is 36.4 Å². The SMILES string of the molecule is CSc1cccc(O)c1.CSc1cccc(O)c1.[C-]1=CC=CC1.[C-]1=CC=CC1.[Zr+2]. The summed E-state index contributed by atoms with van der Waals surface area (Å²) in [5.74, 6) is 0.670. The van der Waals surface area contributed by atoms with E-state index in [0.717, 1.165) is 22.6 Å². The summed E-state index contributed by atoms with van der Waals surface area (Å²) < 4.78 is 0. The molecule has 5 heteroatoms. The number of hydrogen-bond acceptors (Lipinski definition) is 4. The van der Waals surface area contributed by atoms with E-state index in [4.69, 9.17) is 10.2 Å². The predicted molar refractivity (Wildman–Crippen MR) is 123 cm³/mol. The van der Waals surface area contributed by atoms with Gasteiger partial charge >= 0.3 is 26.2 Å². The standard InChI is InChI=1S/2C7H8OS.2C5H5.Zr/c2*1-9-7-4-2-3-6(8)5-7;2*1-2-4-5-3-1;/h2*2-5,8H,1H3;2*1-3H,4H2;/q;;2*-1;+2. The number of benzene rings is 2. The van der Waals surface area contributed by atoms with Gasteiger partial charge in [-0.3, -0.25) is 12.2 Å². The van der Waals surface area contributed by atoms with Crippen LogP contribution in [0.2, 0.25) is 0 Å². The summed E-state index contributed by atoms with van der Waals surface area (Å²) in [6.07, 6.45) is 24.0. The fourth-order valence-electron chi connectivity index (χ4n) is 1.90. The molecule has 0 amide bonds. The number of rotatable bonds is 2. The van der Waals surface area contributed by atoms with Gasteiger partial charge in [-0.05, 0) is 48.9 Å². The van der Waals surface area contributed by atoms with E-state index in [0.29, 0.717) is 11.5 Å². The summed E-state index contributed by atoms with van der Waals surface area (Å²) >= 11 is 3.25. The maximum Gasteiger partial charge on any atom is 2.00 e. The first-order valence-electron chi connectivity index (χ1n) is 8.75. The van der Waals surface area contributed by atoms with E-state index in [1.165, 1.54) is 0 Å². The molecule has 29 heavy (non-hydrogen) atoms. The van der Waals surface area contributed by atoms with Crippen LogP contribution >= 0.6 is 23.5 Å². The molecule has 0 heterocycles. The average molecular weight is 502 g/mol. The average Bonchev–Trinajstić information content (AvgIpc) is 3.47. The van der Waals surface area contributed by atoms with Crippen molar-refractivity contribution in [1.29, 1.82) is 0 Å². The van der Waals surface area contributed by atoms with Crippen molar-refractivity contribution in [3.05, 3.63) is 97.1 Å². The van der Waals surface area contributed by atoms with Crippen LogP contribution in [0.3, 0.4) is 0 Å². The number of phenols is 2. The van der Waals surface area contributed by atoms with Crippen molar-refractivity contribution in [2.24, 2.45) is 0 Å². The second kappa shape index (κ2) is 18.6. The second-order valence-corrected chi connectivity index (χ2v) is 7.17. The zero-order valence-corrected chi connectivity index (χ0v) is 20.8. The largest absolute Gasteiger partial charge is 2.00 e. The van der Waals surface area contributed by atoms with Crippen LogP contribution in [0.15, 0.2) is 94.8 Å². The Morgan fingerprint density at radius 1 is 0.724 bits per heavy atom. The van der Waals surface area contributed by atoms with Gasteiger partial charge in [0.1, 0.15) is 11.5 Å². The van der Waals surface area contributed by atoms with E-state index in [1.54, 1.807) is 47.8 Å². The number of thioether (sulfide) groups is 2. The van der Waals surface area contributed by atoms with Crippen LogP contribution in [-0.4, -0.2) is 22.7 Å². The second-order valence-electron chi connectivity index (χ2n) is 5.41. The maximum absolute atomic E-state index is 8.93. The molecule has 0 saturated carbocycles. The summed E-state index contributed by atoms with van der Waals surface area (Å²) in [5.41, 5.74) is 0. The molecule has 0 unspecified atom stereocenters. The first kappa shape index (κ1) is 27.6. The third kappa shape index (κ3) is 15.1. The molecule has 150 valence electrons. The first-order valence-corrected chi connectivity index (χ1v) is 11.2. The smallest absolute Gasteiger partial charge is 0.508 e. The van der Waals surface area contributed by atoms with Gasteiger partial charge in [-0.25, -0.2) is 24.3 Å². The maximum atomic E-state index is 8.93. The summed E-state index contributed by atoms with van der Waals surface area (Å²) in [6.45, 7) is 0. The normalized spacial score (nSPS) is 11.9. The molecule has 2 aliphatic carbocycles. The molecule has 0 saturated heterocycles. The first-order chi connectivity index (χ1) is 13.7. The minimum atomic E-state index is 0. The number of aromatic hydroxyl groups is 2. The van der Waals surface area contributed by atoms with Crippen LogP contribution in [0.25, 0.3) is 0 Å². The Bertz CT molecular complexity index is 711. The van der Waals surface area contributed by atoms with Crippen LogP contribution in [0, 0.1) is 12.2 Å². The molecule has 0 aliphatic heterocycles. The van der Waals surface area contributed by atoms with Crippen molar-refractivity contribution in [3.63, 3.8) is 0 Å². The number of hydrogen-bond donors (Lipinski definition) is 2. The van der Waals surface area contributed by atoms with Crippen LogP contribution < -0.4 is 0 Å². The summed E-state index contributed by atoms with van der Waals surface area (Å²) in [6, 6.07) is 14.4. The van der Waals surface area contributed by atoms with Gasteiger partial charge in [-0.2, -0.15) is 12.2 Å². The molecular weight excluding hydrogens is 476 g/mol. The van der Waals surface area contributed by atoms with Gasteiger partial charge in [0, 0.05) is 9.79 Å². The monoisotopic (exact) mass is 500 g/mol. The van der Waals surface area contributed by atoms with Crippen LogP contribution in [-0.2, 0) is 26.2 Å². The van der Waals surface area contributed by atoms with Crippen LogP contribution in [0.5, 0.6) is 11.5 Å². The molecule has 0 spiro atoms. The molecule has 4 rings (SSSR count). The zero-order chi connectivity index (χ0) is 20.5. The number of allylic oxidation sites excluding steroid dienone is 8. The van der Waals surface area contributed by atoms with Gasteiger partial charge in [-0.1, -0.05) is 12.1 Å². The molecule has 0 atom stereocenters. The van der Waals surface area contributed by atoms with Crippen molar-refractivity contribution in [3.8, 4) is 11.5 Å². The minimum Gasteiger partial charge on any atom is -0.508 e. The molecular formula is C24H26O2S2Zr. The Labute approximate surface area is 202 Å². The molecule has 0 radical (unpaired) electrons. The topological polar surface area (TPSA) is 40.5 Å². The Balaban J connectivity index is 0.000000369. The third-order valence-corrected chi connectivity index (χ3v) is 4.73. The van der Waals surface area contributed by atoms with Crippen LogP contribution in [0.4, 0.5) is 0 Å². The summed E-state index contributed by atoms with van der Waals surface area (Å²) in [5, 5.41) is 17.9. The van der Waals surface area contributed by atoms with Gasteiger partial charge in [0.15, 0.2) is 0 Å². The third-order valence-electron chi connectivity index (χ3n) is 3.28. The Kier molecular flexibility index (Phi) is 17.7. The number of phenolic OH excluding ortho intramolecular Hbond substituents is 2. The fraction of sp³-hybridized carbons (Fsp3) is 0.167. The van der Waals surface area contributed by atoms with E-state index < -0.39 is 0 Å². The van der Waals surface area contributed by atoms with Crippen molar-refractivity contribution in [2.45, 2.75) is 22.6 Å². The Morgan fingerprint density at radius 3 is 1.31 bits per heavy atom. The molecule has 2 nitrogen and oxygen atoms in total. The Hall–Kier alpha value is -1.42. The summed E-state index contributed by atoms with van der Waals surface area (Å²) in [4.78, 5) is 2.19. The fourth-order valence-corrected chi connectivity index (χ4v) is 2.81. The van der Waals surface area contributed by atoms with Crippen LogP contribution in [0.1, 0.15) is 12.8 Å². The van der Waals surface area contributed by atoms with Gasteiger partial charge in [0.05, 0.1) is 0 Å². The Morgan fingerprint density at radius 2 is 1.14 bits per heavy atom. The van der Waals surface area contributed by atoms with E-state index in [9.17, 15) is 0 Å². The summed E-state index contributed by atoms with van der Waals surface area (Å²) in [7, 11) is 0. The molecule has 0 fully saturated rings. The van der Waals surface area contributed by atoms with Gasteiger partial charge in [-0.15, -0.1) is 36.4 Å². The van der Waals surface area contributed by atoms with Gasteiger partial charge in [0.2, 0.25) is 0 Å². The van der Waals surface area contributed by atoms with Gasteiger partial charge in [0.25, 0.3) is 0 Å². The van der Waals surface area contributed by atoms with E-state index in [-0.39, 0.29) is 26.2 Å². The molecule has 0 bridgehead atoms. The molecule has 0 aromatic heterocycles. The molecule has 2 aliphatic rings. The van der Waals surface area contributed by atoms with Crippen molar-refractivity contribution >= 4 is 23.5 Å². The predicted octanol–water partition coefficient (Wildman–Crippen LogP) is 6.84. The zero-order valence-electron chi connectivity index (χ0n) is 16.7. The van der Waals surface area contributed by atoms with E-state index >= 15 is 0 Å². The minimum absolute atomic E-state index is 0. The molecule has 2 aromatic rings. The van der Waals surface area contributed by atoms with E-state index in [1.807, 2.05) is 61.1 Å². The van der Waals surface area contributed by atoms with E-state index in [2.05, 4.69) is 24.3 Å².